The van der Waals surface area contributed by atoms with Crippen LogP contribution in [0.4, 0.5) is 0 Å². The van der Waals surface area contributed by atoms with Gasteiger partial charge in [0.1, 0.15) is 5.75 Å². The Bertz CT molecular complexity index is 341. The fourth-order valence-corrected chi connectivity index (χ4v) is 2.02. The van der Waals surface area contributed by atoms with Gasteiger partial charge >= 0.3 is 0 Å². The molecule has 0 aromatic carbocycles. The summed E-state index contributed by atoms with van der Waals surface area (Å²) in [6.45, 7) is 4.98. The lowest BCUT2D eigenvalue weighted by atomic mass is 10.0. The van der Waals surface area contributed by atoms with Crippen molar-refractivity contribution in [2.75, 3.05) is 6.61 Å². The van der Waals surface area contributed by atoms with Gasteiger partial charge in [-0.3, -0.25) is 4.98 Å². The molecule has 19 heavy (non-hydrogen) atoms. The topological polar surface area (TPSA) is 42.4 Å². The SMILES string of the molecule is CCCCCCCC(O)c1cncc(OCCC)c1. The van der Waals surface area contributed by atoms with Gasteiger partial charge in [0.05, 0.1) is 18.9 Å². The van der Waals surface area contributed by atoms with Crippen molar-refractivity contribution in [1.82, 2.24) is 4.98 Å². The molecule has 0 saturated carbocycles. The van der Waals surface area contributed by atoms with E-state index in [0.29, 0.717) is 6.61 Å². The van der Waals surface area contributed by atoms with Crippen LogP contribution in [0.5, 0.6) is 5.75 Å². The van der Waals surface area contributed by atoms with Crippen molar-refractivity contribution in [3.63, 3.8) is 0 Å². The molecule has 1 heterocycles. The first-order valence-electron chi connectivity index (χ1n) is 7.53. The van der Waals surface area contributed by atoms with Gasteiger partial charge < -0.3 is 9.84 Å². The van der Waals surface area contributed by atoms with E-state index < -0.39 is 6.10 Å². The molecule has 1 N–H and O–H groups in total. The Morgan fingerprint density at radius 1 is 1.11 bits per heavy atom. The van der Waals surface area contributed by atoms with Crippen molar-refractivity contribution in [3.8, 4) is 5.75 Å². The second-order valence-corrected chi connectivity index (χ2v) is 5.02. The predicted molar refractivity (Wildman–Crippen MR) is 78.4 cm³/mol. The third-order valence-electron chi connectivity index (χ3n) is 3.17. The fraction of sp³-hybridized carbons (Fsp3) is 0.688. The van der Waals surface area contributed by atoms with Crippen LogP contribution in [0.1, 0.15) is 70.5 Å². The molecule has 0 amide bonds. The van der Waals surface area contributed by atoms with Crippen LogP contribution in [0.2, 0.25) is 0 Å². The van der Waals surface area contributed by atoms with Crippen LogP contribution in [0, 0.1) is 0 Å². The highest BCUT2D eigenvalue weighted by Crippen LogP contribution is 2.22. The Balaban J connectivity index is 2.36. The molecule has 0 aliphatic heterocycles. The second kappa shape index (κ2) is 9.79. The maximum atomic E-state index is 10.1. The Kier molecular flexibility index (Phi) is 8.23. The Labute approximate surface area is 117 Å². The molecular weight excluding hydrogens is 238 g/mol. The van der Waals surface area contributed by atoms with Crippen LogP contribution in [0.25, 0.3) is 0 Å². The third-order valence-corrected chi connectivity index (χ3v) is 3.17. The van der Waals surface area contributed by atoms with Gasteiger partial charge in [-0.15, -0.1) is 0 Å². The van der Waals surface area contributed by atoms with Crippen LogP contribution in [0.3, 0.4) is 0 Å². The Hall–Kier alpha value is -1.09. The summed E-state index contributed by atoms with van der Waals surface area (Å²) in [6.07, 6.45) is 10.9. The molecule has 0 bridgehead atoms. The zero-order valence-electron chi connectivity index (χ0n) is 12.3. The van der Waals surface area contributed by atoms with Crippen molar-refractivity contribution < 1.29 is 9.84 Å². The van der Waals surface area contributed by atoms with E-state index in [0.717, 1.165) is 30.6 Å². The predicted octanol–water partition coefficient (Wildman–Crippen LogP) is 4.26. The molecule has 0 saturated heterocycles. The number of pyridine rings is 1. The summed E-state index contributed by atoms with van der Waals surface area (Å²) in [4.78, 5) is 4.13. The summed E-state index contributed by atoms with van der Waals surface area (Å²) in [5, 5.41) is 10.1. The first-order chi connectivity index (χ1) is 9.27. The Morgan fingerprint density at radius 2 is 1.89 bits per heavy atom. The molecule has 1 aromatic rings. The maximum Gasteiger partial charge on any atom is 0.137 e. The molecule has 0 aliphatic rings. The first kappa shape index (κ1) is 16.0. The lowest BCUT2D eigenvalue weighted by Crippen LogP contribution is -2.01. The van der Waals surface area contributed by atoms with Crippen LogP contribution in [-0.2, 0) is 0 Å². The van der Waals surface area contributed by atoms with Gasteiger partial charge in [-0.1, -0.05) is 46.0 Å². The summed E-state index contributed by atoms with van der Waals surface area (Å²) < 4.78 is 5.53. The van der Waals surface area contributed by atoms with Crippen LogP contribution >= 0.6 is 0 Å². The van der Waals surface area contributed by atoms with Gasteiger partial charge in [0.25, 0.3) is 0 Å². The average Bonchev–Trinajstić information content (AvgIpc) is 2.45. The lowest BCUT2D eigenvalue weighted by Gasteiger charge is -2.12. The molecule has 0 spiro atoms. The smallest absolute Gasteiger partial charge is 0.137 e. The van der Waals surface area contributed by atoms with Crippen molar-refractivity contribution in [2.45, 2.75) is 64.9 Å². The first-order valence-corrected chi connectivity index (χ1v) is 7.53. The molecule has 1 aromatic heterocycles. The molecule has 1 rings (SSSR count). The molecule has 0 fully saturated rings. The summed E-state index contributed by atoms with van der Waals surface area (Å²) in [5.74, 6) is 0.754. The van der Waals surface area contributed by atoms with Gasteiger partial charge in [0.2, 0.25) is 0 Å². The van der Waals surface area contributed by atoms with Gasteiger partial charge in [-0.2, -0.15) is 0 Å². The minimum atomic E-state index is -0.417. The van der Waals surface area contributed by atoms with Crippen molar-refractivity contribution in [1.29, 1.82) is 0 Å². The summed E-state index contributed by atoms with van der Waals surface area (Å²) in [6, 6.07) is 1.90. The summed E-state index contributed by atoms with van der Waals surface area (Å²) >= 11 is 0. The highest BCUT2D eigenvalue weighted by Gasteiger charge is 2.08. The summed E-state index contributed by atoms with van der Waals surface area (Å²) in [7, 11) is 0. The molecule has 0 radical (unpaired) electrons. The van der Waals surface area contributed by atoms with E-state index in [1.54, 1.807) is 12.4 Å². The molecule has 1 unspecified atom stereocenters. The van der Waals surface area contributed by atoms with Gasteiger partial charge in [0.15, 0.2) is 0 Å². The number of nitrogens with zero attached hydrogens (tertiary/aromatic N) is 1. The van der Waals surface area contributed by atoms with Crippen LogP contribution < -0.4 is 4.74 Å². The number of aromatic nitrogens is 1. The number of ether oxygens (including phenoxy) is 1. The van der Waals surface area contributed by atoms with Crippen molar-refractivity contribution >= 4 is 0 Å². The second-order valence-electron chi connectivity index (χ2n) is 5.02. The number of rotatable bonds is 10. The number of aliphatic hydroxyl groups excluding tert-OH is 1. The molecule has 1 atom stereocenters. The van der Waals surface area contributed by atoms with Gasteiger partial charge in [-0.25, -0.2) is 0 Å². The molecule has 3 nitrogen and oxygen atoms in total. The van der Waals surface area contributed by atoms with E-state index in [2.05, 4.69) is 18.8 Å². The zero-order chi connectivity index (χ0) is 13.9. The quantitative estimate of drug-likeness (QED) is 0.643. The lowest BCUT2D eigenvalue weighted by molar-refractivity contribution is 0.162. The van der Waals surface area contributed by atoms with Gasteiger partial charge in [0, 0.05) is 11.8 Å². The average molecular weight is 265 g/mol. The van der Waals surface area contributed by atoms with E-state index in [9.17, 15) is 5.11 Å². The number of hydrogen-bond donors (Lipinski definition) is 1. The van der Waals surface area contributed by atoms with E-state index in [1.807, 2.05) is 6.07 Å². The molecular formula is C16H27NO2. The number of unbranched alkanes of at least 4 members (excludes halogenated alkanes) is 4. The molecule has 108 valence electrons. The van der Waals surface area contributed by atoms with Gasteiger partial charge in [-0.05, 0) is 18.9 Å². The maximum absolute atomic E-state index is 10.1. The standard InChI is InChI=1S/C16H27NO2/c1-3-5-6-7-8-9-16(18)14-11-15(13-17-12-14)19-10-4-2/h11-13,16,18H,3-10H2,1-2H3. The van der Waals surface area contributed by atoms with Crippen molar-refractivity contribution in [3.05, 3.63) is 24.0 Å². The zero-order valence-corrected chi connectivity index (χ0v) is 12.3. The highest BCUT2D eigenvalue weighted by molar-refractivity contribution is 5.25. The molecule has 0 aliphatic carbocycles. The minimum absolute atomic E-state index is 0.417. The van der Waals surface area contributed by atoms with E-state index in [4.69, 9.17) is 4.74 Å². The van der Waals surface area contributed by atoms with E-state index >= 15 is 0 Å². The normalized spacial score (nSPS) is 12.4. The highest BCUT2D eigenvalue weighted by atomic mass is 16.5. The largest absolute Gasteiger partial charge is 0.492 e. The molecule has 3 heteroatoms. The summed E-state index contributed by atoms with van der Waals surface area (Å²) in [5.41, 5.74) is 0.865. The third kappa shape index (κ3) is 6.58. The Morgan fingerprint density at radius 3 is 2.63 bits per heavy atom. The monoisotopic (exact) mass is 265 g/mol. The van der Waals surface area contributed by atoms with Crippen molar-refractivity contribution in [2.24, 2.45) is 0 Å². The minimum Gasteiger partial charge on any atom is -0.492 e. The van der Waals surface area contributed by atoms with E-state index in [-0.39, 0.29) is 0 Å². The van der Waals surface area contributed by atoms with E-state index in [1.165, 1.54) is 25.7 Å². The van der Waals surface area contributed by atoms with Crippen LogP contribution in [-0.4, -0.2) is 16.7 Å². The fourth-order valence-electron chi connectivity index (χ4n) is 2.02. The number of aliphatic hydroxyl groups is 1. The number of hydrogen-bond acceptors (Lipinski definition) is 3. The van der Waals surface area contributed by atoms with Crippen LogP contribution in [0.15, 0.2) is 18.5 Å².